The lowest BCUT2D eigenvalue weighted by atomic mass is 10.1. The van der Waals surface area contributed by atoms with Gasteiger partial charge in [-0.2, -0.15) is 0 Å². The van der Waals surface area contributed by atoms with Crippen molar-refractivity contribution < 1.29 is 4.79 Å². The maximum absolute atomic E-state index is 11.6. The Morgan fingerprint density at radius 1 is 1.38 bits per heavy atom. The predicted octanol–water partition coefficient (Wildman–Crippen LogP) is 2.15. The van der Waals surface area contributed by atoms with E-state index in [1.54, 1.807) is 0 Å². The number of amides is 1. The minimum Gasteiger partial charge on any atom is -0.358 e. The van der Waals surface area contributed by atoms with Crippen molar-refractivity contribution in [2.75, 3.05) is 6.54 Å². The van der Waals surface area contributed by atoms with Crippen molar-refractivity contribution in [3.05, 3.63) is 35.5 Å². The molecule has 16 heavy (non-hydrogen) atoms. The summed E-state index contributed by atoms with van der Waals surface area (Å²) < 4.78 is 0. The Morgan fingerprint density at radius 2 is 2.12 bits per heavy atom. The van der Waals surface area contributed by atoms with Crippen molar-refractivity contribution in [1.82, 2.24) is 10.3 Å². The SMILES string of the molecule is CCNC(=O)Cc1c(C)[nH]c2ccccc12. The van der Waals surface area contributed by atoms with Crippen LogP contribution in [0.3, 0.4) is 0 Å². The van der Waals surface area contributed by atoms with Gasteiger partial charge >= 0.3 is 0 Å². The zero-order valence-corrected chi connectivity index (χ0v) is 9.63. The molecular weight excluding hydrogens is 200 g/mol. The second kappa shape index (κ2) is 4.39. The van der Waals surface area contributed by atoms with Gasteiger partial charge in [-0.05, 0) is 25.5 Å². The Labute approximate surface area is 94.9 Å². The molecule has 0 aliphatic heterocycles. The van der Waals surface area contributed by atoms with E-state index in [2.05, 4.69) is 10.3 Å². The fourth-order valence-electron chi connectivity index (χ4n) is 1.98. The van der Waals surface area contributed by atoms with Crippen LogP contribution in [-0.2, 0) is 11.2 Å². The van der Waals surface area contributed by atoms with E-state index in [1.165, 1.54) is 0 Å². The molecule has 0 fully saturated rings. The van der Waals surface area contributed by atoms with E-state index >= 15 is 0 Å². The first kappa shape index (κ1) is 10.7. The van der Waals surface area contributed by atoms with Crippen LogP contribution < -0.4 is 5.32 Å². The number of aromatic amines is 1. The molecule has 1 aromatic heterocycles. The van der Waals surface area contributed by atoms with Gasteiger partial charge in [-0.25, -0.2) is 0 Å². The molecule has 0 spiro atoms. The van der Waals surface area contributed by atoms with Crippen LogP contribution >= 0.6 is 0 Å². The Hall–Kier alpha value is -1.77. The fourth-order valence-corrected chi connectivity index (χ4v) is 1.98. The number of carbonyl (C=O) groups excluding carboxylic acids is 1. The summed E-state index contributed by atoms with van der Waals surface area (Å²) >= 11 is 0. The molecule has 0 saturated carbocycles. The smallest absolute Gasteiger partial charge is 0.224 e. The molecule has 3 heteroatoms. The molecule has 0 unspecified atom stereocenters. The van der Waals surface area contributed by atoms with Crippen molar-refractivity contribution >= 4 is 16.8 Å². The Kier molecular flexibility index (Phi) is 2.95. The summed E-state index contributed by atoms with van der Waals surface area (Å²) in [5.74, 6) is 0.0790. The summed E-state index contributed by atoms with van der Waals surface area (Å²) in [4.78, 5) is 14.9. The zero-order valence-electron chi connectivity index (χ0n) is 9.63. The lowest BCUT2D eigenvalue weighted by Crippen LogP contribution is -2.24. The van der Waals surface area contributed by atoms with Gasteiger partial charge in [0.25, 0.3) is 0 Å². The lowest BCUT2D eigenvalue weighted by Gasteiger charge is -2.02. The summed E-state index contributed by atoms with van der Waals surface area (Å²) in [7, 11) is 0. The predicted molar refractivity (Wildman–Crippen MR) is 65.4 cm³/mol. The number of nitrogens with one attached hydrogen (secondary N) is 2. The number of hydrogen-bond donors (Lipinski definition) is 2. The number of aromatic nitrogens is 1. The van der Waals surface area contributed by atoms with Gasteiger partial charge in [0, 0.05) is 23.1 Å². The summed E-state index contributed by atoms with van der Waals surface area (Å²) in [6.07, 6.45) is 0.448. The van der Waals surface area contributed by atoms with E-state index in [9.17, 15) is 4.79 Å². The molecule has 84 valence electrons. The molecule has 2 rings (SSSR count). The molecule has 1 heterocycles. The topological polar surface area (TPSA) is 44.9 Å². The number of carbonyl (C=O) groups is 1. The van der Waals surface area contributed by atoms with E-state index in [4.69, 9.17) is 0 Å². The molecule has 0 atom stereocenters. The van der Waals surface area contributed by atoms with Gasteiger partial charge in [-0.15, -0.1) is 0 Å². The summed E-state index contributed by atoms with van der Waals surface area (Å²) in [6.45, 7) is 4.62. The summed E-state index contributed by atoms with van der Waals surface area (Å²) in [5, 5.41) is 3.97. The van der Waals surface area contributed by atoms with E-state index in [0.29, 0.717) is 13.0 Å². The minimum atomic E-state index is 0.0790. The number of hydrogen-bond acceptors (Lipinski definition) is 1. The summed E-state index contributed by atoms with van der Waals surface area (Å²) in [6, 6.07) is 8.07. The Morgan fingerprint density at radius 3 is 2.88 bits per heavy atom. The molecule has 0 bridgehead atoms. The number of rotatable bonds is 3. The summed E-state index contributed by atoms with van der Waals surface area (Å²) in [5.41, 5.74) is 3.27. The molecule has 3 nitrogen and oxygen atoms in total. The van der Waals surface area contributed by atoms with Gasteiger partial charge in [0.1, 0.15) is 0 Å². The van der Waals surface area contributed by atoms with Crippen molar-refractivity contribution in [1.29, 1.82) is 0 Å². The largest absolute Gasteiger partial charge is 0.358 e. The maximum atomic E-state index is 11.6. The van der Waals surface area contributed by atoms with Crippen molar-refractivity contribution in [3.8, 4) is 0 Å². The van der Waals surface area contributed by atoms with Crippen LogP contribution in [0, 0.1) is 6.92 Å². The van der Waals surface area contributed by atoms with Gasteiger partial charge in [0.2, 0.25) is 5.91 Å². The standard InChI is InChI=1S/C13H16N2O/c1-3-14-13(16)8-11-9(2)15-12-7-5-4-6-10(11)12/h4-7,15H,3,8H2,1-2H3,(H,14,16). The molecule has 1 aromatic carbocycles. The average Bonchev–Trinajstić information content (AvgIpc) is 2.56. The molecule has 2 aromatic rings. The lowest BCUT2D eigenvalue weighted by molar-refractivity contribution is -0.120. The third-order valence-corrected chi connectivity index (χ3v) is 2.74. The monoisotopic (exact) mass is 216 g/mol. The normalized spacial score (nSPS) is 10.6. The molecule has 0 aliphatic rings. The van der Waals surface area contributed by atoms with E-state index in [1.807, 2.05) is 38.1 Å². The number of H-pyrrole nitrogens is 1. The van der Waals surface area contributed by atoms with Gasteiger partial charge in [-0.3, -0.25) is 4.79 Å². The molecule has 0 radical (unpaired) electrons. The molecule has 0 saturated heterocycles. The van der Waals surface area contributed by atoms with Crippen LogP contribution in [0.25, 0.3) is 10.9 Å². The highest BCUT2D eigenvalue weighted by atomic mass is 16.1. The first-order chi connectivity index (χ1) is 7.72. The van der Waals surface area contributed by atoms with Gasteiger partial charge in [0.05, 0.1) is 6.42 Å². The minimum absolute atomic E-state index is 0.0790. The first-order valence-corrected chi connectivity index (χ1v) is 5.55. The van der Waals surface area contributed by atoms with Crippen molar-refractivity contribution in [2.45, 2.75) is 20.3 Å². The van der Waals surface area contributed by atoms with Crippen LogP contribution in [0.4, 0.5) is 0 Å². The molecule has 1 amide bonds. The Balaban J connectivity index is 2.36. The van der Waals surface area contributed by atoms with Crippen LogP contribution in [0.5, 0.6) is 0 Å². The van der Waals surface area contributed by atoms with Gasteiger partial charge < -0.3 is 10.3 Å². The number of likely N-dealkylation sites (N-methyl/N-ethyl adjacent to an activating group) is 1. The Bertz CT molecular complexity index is 514. The van der Waals surface area contributed by atoms with Gasteiger partial charge in [0.15, 0.2) is 0 Å². The quantitative estimate of drug-likeness (QED) is 0.811. The maximum Gasteiger partial charge on any atom is 0.224 e. The number of aryl methyl sites for hydroxylation is 1. The van der Waals surface area contributed by atoms with Crippen molar-refractivity contribution in [2.24, 2.45) is 0 Å². The number of fused-ring (bicyclic) bond motifs is 1. The van der Waals surface area contributed by atoms with Crippen LogP contribution in [0.1, 0.15) is 18.2 Å². The van der Waals surface area contributed by atoms with E-state index in [0.717, 1.165) is 22.2 Å². The number of benzene rings is 1. The third kappa shape index (κ3) is 1.94. The third-order valence-electron chi connectivity index (χ3n) is 2.74. The van der Waals surface area contributed by atoms with Crippen LogP contribution in [-0.4, -0.2) is 17.4 Å². The van der Waals surface area contributed by atoms with Crippen LogP contribution in [0.15, 0.2) is 24.3 Å². The molecule has 0 aliphatic carbocycles. The average molecular weight is 216 g/mol. The fraction of sp³-hybridized carbons (Fsp3) is 0.308. The van der Waals surface area contributed by atoms with Crippen LogP contribution in [0.2, 0.25) is 0 Å². The van der Waals surface area contributed by atoms with E-state index < -0.39 is 0 Å². The first-order valence-electron chi connectivity index (χ1n) is 5.55. The second-order valence-corrected chi connectivity index (χ2v) is 3.90. The molecule has 2 N–H and O–H groups in total. The van der Waals surface area contributed by atoms with E-state index in [-0.39, 0.29) is 5.91 Å². The highest BCUT2D eigenvalue weighted by molar-refractivity contribution is 5.90. The highest BCUT2D eigenvalue weighted by Gasteiger charge is 2.11. The zero-order chi connectivity index (χ0) is 11.5. The number of para-hydroxylation sites is 1. The second-order valence-electron chi connectivity index (χ2n) is 3.90. The van der Waals surface area contributed by atoms with Crippen molar-refractivity contribution in [3.63, 3.8) is 0 Å². The van der Waals surface area contributed by atoms with Gasteiger partial charge in [-0.1, -0.05) is 18.2 Å². The molecular formula is C13H16N2O. The highest BCUT2D eigenvalue weighted by Crippen LogP contribution is 2.21.